The van der Waals surface area contributed by atoms with Gasteiger partial charge in [0.1, 0.15) is 0 Å². The topological polar surface area (TPSA) is 84.3 Å². The van der Waals surface area contributed by atoms with Crippen molar-refractivity contribution < 1.29 is 18.3 Å². The number of aryl methyl sites for hydroxylation is 1. The second kappa shape index (κ2) is 5.81. The van der Waals surface area contributed by atoms with Gasteiger partial charge in [0.25, 0.3) is 0 Å². The molecule has 0 saturated carbocycles. The lowest BCUT2D eigenvalue weighted by Crippen LogP contribution is -2.43. The smallest absolute Gasteiger partial charge is 0.324 e. The Morgan fingerprint density at radius 2 is 2.14 bits per heavy atom. The van der Waals surface area contributed by atoms with E-state index in [1.165, 1.54) is 18.3 Å². The van der Waals surface area contributed by atoms with E-state index in [0.717, 1.165) is 25.1 Å². The number of carboxylic acid groups (broad SMARTS) is 1. The fourth-order valence-corrected chi connectivity index (χ4v) is 4.35. The van der Waals surface area contributed by atoms with Gasteiger partial charge in [-0.2, -0.15) is 0 Å². The molecule has 21 heavy (non-hydrogen) atoms. The van der Waals surface area contributed by atoms with Gasteiger partial charge >= 0.3 is 5.97 Å². The van der Waals surface area contributed by atoms with Crippen molar-refractivity contribution in [3.63, 3.8) is 0 Å². The van der Waals surface area contributed by atoms with Gasteiger partial charge < -0.3 is 5.11 Å². The van der Waals surface area contributed by atoms with E-state index in [9.17, 15) is 18.3 Å². The first-order valence-corrected chi connectivity index (χ1v) is 9.90. The Hall–Kier alpha value is -0.740. The van der Waals surface area contributed by atoms with E-state index in [0.29, 0.717) is 6.42 Å². The molecule has 0 aliphatic heterocycles. The number of halogens is 1. The monoisotopic (exact) mass is 439 g/mol. The molecule has 1 aromatic carbocycles. The van der Waals surface area contributed by atoms with Crippen molar-refractivity contribution in [3.8, 4) is 0 Å². The van der Waals surface area contributed by atoms with E-state index >= 15 is 0 Å². The molecule has 1 atom stereocenters. The SMILES string of the molecule is C[C@@](CCc1nc2ccc(I)cc2s1)(C(=O)O)S(C)(=O)=O. The number of carboxylic acids is 1. The number of aliphatic carboxylic acids is 1. The molecular weight excluding hydrogens is 425 g/mol. The highest BCUT2D eigenvalue weighted by Gasteiger charge is 2.43. The van der Waals surface area contributed by atoms with Crippen LogP contribution in [0.5, 0.6) is 0 Å². The molecule has 0 spiro atoms. The maximum atomic E-state index is 11.7. The van der Waals surface area contributed by atoms with Crippen molar-refractivity contribution in [2.75, 3.05) is 6.26 Å². The number of hydrogen-bond acceptors (Lipinski definition) is 5. The molecule has 0 aliphatic carbocycles. The molecule has 0 unspecified atom stereocenters. The van der Waals surface area contributed by atoms with Gasteiger partial charge in [-0.25, -0.2) is 13.4 Å². The molecule has 0 fully saturated rings. The summed E-state index contributed by atoms with van der Waals surface area (Å²) in [6.07, 6.45) is 1.30. The van der Waals surface area contributed by atoms with Crippen LogP contribution in [0.3, 0.4) is 0 Å². The second-order valence-electron chi connectivity index (χ2n) is 5.03. The minimum Gasteiger partial charge on any atom is -0.480 e. The van der Waals surface area contributed by atoms with E-state index in [4.69, 9.17) is 0 Å². The molecule has 0 amide bonds. The minimum atomic E-state index is -3.69. The molecule has 8 heteroatoms. The van der Waals surface area contributed by atoms with Gasteiger partial charge in [-0.15, -0.1) is 11.3 Å². The zero-order valence-corrected chi connectivity index (χ0v) is 15.3. The molecule has 114 valence electrons. The van der Waals surface area contributed by atoms with Gasteiger partial charge in [0.15, 0.2) is 14.6 Å². The number of thiazole rings is 1. The standard InChI is InChI=1S/C13H14INO4S2/c1-13(12(16)17,21(2,18)19)6-5-11-15-9-4-3-8(14)7-10(9)20-11/h3-4,7H,5-6H2,1-2H3,(H,16,17)/t13-/m1/s1. The van der Waals surface area contributed by atoms with Crippen LogP contribution in [0.4, 0.5) is 0 Å². The zero-order valence-electron chi connectivity index (χ0n) is 11.5. The van der Waals surface area contributed by atoms with Crippen molar-refractivity contribution in [2.24, 2.45) is 0 Å². The van der Waals surface area contributed by atoms with Crippen LogP contribution in [0.1, 0.15) is 18.4 Å². The quantitative estimate of drug-likeness (QED) is 0.725. The van der Waals surface area contributed by atoms with E-state index < -0.39 is 20.6 Å². The lowest BCUT2D eigenvalue weighted by Gasteiger charge is -2.21. The van der Waals surface area contributed by atoms with E-state index in [-0.39, 0.29) is 6.42 Å². The van der Waals surface area contributed by atoms with Crippen LogP contribution >= 0.6 is 33.9 Å². The summed E-state index contributed by atoms with van der Waals surface area (Å²) in [5, 5.41) is 9.98. The Labute approximate surface area is 140 Å². The summed E-state index contributed by atoms with van der Waals surface area (Å²) in [5.74, 6) is -1.32. The number of aromatic nitrogens is 1. The maximum absolute atomic E-state index is 11.7. The highest BCUT2D eigenvalue weighted by atomic mass is 127. The summed E-state index contributed by atoms with van der Waals surface area (Å²) in [6.45, 7) is 1.25. The highest BCUT2D eigenvalue weighted by Crippen LogP contribution is 2.28. The molecule has 1 heterocycles. The van der Waals surface area contributed by atoms with Gasteiger partial charge in [-0.05, 0) is 54.1 Å². The van der Waals surface area contributed by atoms with Crippen LogP contribution in [-0.4, -0.2) is 35.5 Å². The fraction of sp³-hybridized carbons (Fsp3) is 0.385. The van der Waals surface area contributed by atoms with Crippen LogP contribution in [0, 0.1) is 3.57 Å². The van der Waals surface area contributed by atoms with Crippen LogP contribution < -0.4 is 0 Å². The molecule has 2 rings (SSSR count). The van der Waals surface area contributed by atoms with Crippen molar-refractivity contribution in [1.29, 1.82) is 0 Å². The number of carbonyl (C=O) groups is 1. The third-order valence-electron chi connectivity index (χ3n) is 3.48. The molecular formula is C13H14INO4S2. The number of hydrogen-bond donors (Lipinski definition) is 1. The van der Waals surface area contributed by atoms with Crippen molar-refractivity contribution in [1.82, 2.24) is 4.98 Å². The summed E-state index contributed by atoms with van der Waals surface area (Å²) in [4.78, 5) is 15.7. The lowest BCUT2D eigenvalue weighted by atomic mass is 10.1. The zero-order chi connectivity index (χ0) is 15.8. The first-order valence-electron chi connectivity index (χ1n) is 6.11. The normalized spacial score (nSPS) is 15.0. The van der Waals surface area contributed by atoms with Crippen molar-refractivity contribution in [3.05, 3.63) is 26.8 Å². The predicted molar refractivity (Wildman–Crippen MR) is 91.5 cm³/mol. The number of fused-ring (bicyclic) bond motifs is 1. The molecule has 0 radical (unpaired) electrons. The van der Waals surface area contributed by atoms with Crippen LogP contribution in [-0.2, 0) is 21.1 Å². The van der Waals surface area contributed by atoms with Crippen LogP contribution in [0.2, 0.25) is 0 Å². The van der Waals surface area contributed by atoms with E-state index in [1.807, 2.05) is 18.2 Å². The Morgan fingerprint density at radius 3 is 2.71 bits per heavy atom. The summed E-state index contributed by atoms with van der Waals surface area (Å²) < 4.78 is 23.8. The molecule has 5 nitrogen and oxygen atoms in total. The van der Waals surface area contributed by atoms with Gasteiger partial charge in [0.05, 0.1) is 15.2 Å². The van der Waals surface area contributed by atoms with Crippen molar-refractivity contribution in [2.45, 2.75) is 24.5 Å². The molecule has 1 aromatic heterocycles. The maximum Gasteiger partial charge on any atom is 0.324 e. The van der Waals surface area contributed by atoms with Gasteiger partial charge in [-0.3, -0.25) is 4.79 Å². The molecule has 0 aliphatic rings. The van der Waals surface area contributed by atoms with Gasteiger partial charge in [0, 0.05) is 16.2 Å². The lowest BCUT2D eigenvalue weighted by molar-refractivity contribution is -0.139. The summed E-state index contributed by atoms with van der Waals surface area (Å²) in [7, 11) is -3.69. The van der Waals surface area contributed by atoms with E-state index in [2.05, 4.69) is 27.6 Å². The Bertz CT molecular complexity index is 800. The molecule has 0 bridgehead atoms. The third kappa shape index (κ3) is 3.37. The van der Waals surface area contributed by atoms with Gasteiger partial charge in [0.2, 0.25) is 0 Å². The van der Waals surface area contributed by atoms with Crippen LogP contribution in [0.25, 0.3) is 10.2 Å². The van der Waals surface area contributed by atoms with E-state index in [1.54, 1.807) is 0 Å². The van der Waals surface area contributed by atoms with Crippen molar-refractivity contribution >= 4 is 60.0 Å². The fourth-order valence-electron chi connectivity index (χ4n) is 1.85. The Kier molecular flexibility index (Phi) is 4.60. The predicted octanol–water partition coefficient (Wildman–Crippen LogP) is 2.72. The minimum absolute atomic E-state index is 0.0120. The summed E-state index contributed by atoms with van der Waals surface area (Å²) in [5.41, 5.74) is 0.854. The number of nitrogens with zero attached hydrogens (tertiary/aromatic N) is 1. The molecule has 1 N–H and O–H groups in total. The third-order valence-corrected chi connectivity index (χ3v) is 7.25. The molecule has 2 aromatic rings. The summed E-state index contributed by atoms with van der Waals surface area (Å²) in [6, 6.07) is 5.86. The highest BCUT2D eigenvalue weighted by molar-refractivity contribution is 14.1. The number of sulfone groups is 1. The summed E-state index contributed by atoms with van der Waals surface area (Å²) >= 11 is 3.68. The second-order valence-corrected chi connectivity index (χ2v) is 9.83. The first-order chi connectivity index (χ1) is 9.63. The average Bonchev–Trinajstić information content (AvgIpc) is 2.76. The van der Waals surface area contributed by atoms with Gasteiger partial charge in [-0.1, -0.05) is 0 Å². The molecule has 0 saturated heterocycles. The largest absolute Gasteiger partial charge is 0.480 e. The first kappa shape index (κ1) is 16.6. The average molecular weight is 439 g/mol. The van der Waals surface area contributed by atoms with Crippen LogP contribution in [0.15, 0.2) is 18.2 Å². The Morgan fingerprint density at radius 1 is 1.48 bits per heavy atom. The number of rotatable bonds is 5. The number of benzene rings is 1. The Balaban J connectivity index is 2.26.